The molecule has 7 nitrogen and oxygen atoms in total. The molecule has 8 heteroatoms. The maximum atomic E-state index is 11.8. The Kier molecular flexibility index (Phi) is 7.93. The van der Waals surface area contributed by atoms with E-state index in [-0.39, 0.29) is 5.75 Å². The summed E-state index contributed by atoms with van der Waals surface area (Å²) in [5.41, 5.74) is -0.725. The Morgan fingerprint density at radius 3 is 2.61 bits per heavy atom. The van der Waals surface area contributed by atoms with Crippen molar-refractivity contribution in [3.8, 4) is 0 Å². The molecule has 23 heavy (non-hydrogen) atoms. The molecular weight excluding hydrogens is 320 g/mol. The van der Waals surface area contributed by atoms with Crippen molar-refractivity contribution < 1.29 is 23.1 Å². The van der Waals surface area contributed by atoms with Gasteiger partial charge < -0.3 is 14.7 Å². The summed E-state index contributed by atoms with van der Waals surface area (Å²) in [5, 5.41) is 9.66. The number of carboxylic acids is 1. The molecular formula is C15H30N2O5S. The minimum Gasteiger partial charge on any atom is -0.481 e. The van der Waals surface area contributed by atoms with Crippen LogP contribution in [-0.2, 0) is 19.6 Å². The number of carboxylic acid groups (broad SMARTS) is 1. The average Bonchev–Trinajstić information content (AvgIpc) is 2.47. The van der Waals surface area contributed by atoms with Crippen molar-refractivity contribution in [1.82, 2.24) is 9.21 Å². The number of hydrogen-bond donors (Lipinski definition) is 1. The van der Waals surface area contributed by atoms with E-state index in [4.69, 9.17) is 4.74 Å². The van der Waals surface area contributed by atoms with E-state index in [0.29, 0.717) is 39.0 Å². The molecule has 0 amide bonds. The van der Waals surface area contributed by atoms with Crippen molar-refractivity contribution in [2.75, 3.05) is 53.2 Å². The third kappa shape index (κ3) is 6.02. The zero-order chi connectivity index (χ0) is 17.5. The molecule has 0 bridgehead atoms. The van der Waals surface area contributed by atoms with Crippen LogP contribution in [0.2, 0.25) is 0 Å². The van der Waals surface area contributed by atoms with Gasteiger partial charge in [0, 0.05) is 34.4 Å². The predicted molar refractivity (Wildman–Crippen MR) is 88.9 cm³/mol. The predicted octanol–water partition coefficient (Wildman–Crippen LogP) is 0.861. The van der Waals surface area contributed by atoms with Crippen molar-refractivity contribution in [3.05, 3.63) is 0 Å². The van der Waals surface area contributed by atoms with Crippen LogP contribution in [0, 0.1) is 5.41 Å². The molecule has 1 heterocycles. The second-order valence-corrected chi connectivity index (χ2v) is 8.82. The third-order valence-corrected chi connectivity index (χ3v) is 6.46. The van der Waals surface area contributed by atoms with Crippen LogP contribution in [0.4, 0.5) is 0 Å². The molecule has 0 unspecified atom stereocenters. The molecule has 0 spiro atoms. The normalized spacial score (nSPS) is 23.3. The van der Waals surface area contributed by atoms with Gasteiger partial charge in [-0.2, -0.15) is 0 Å². The average molecular weight is 350 g/mol. The Balaban J connectivity index is 2.56. The fourth-order valence-electron chi connectivity index (χ4n) is 3.11. The van der Waals surface area contributed by atoms with E-state index in [0.717, 1.165) is 19.4 Å². The molecule has 1 atom stereocenters. The van der Waals surface area contributed by atoms with Crippen molar-refractivity contribution in [1.29, 1.82) is 0 Å². The highest BCUT2D eigenvalue weighted by Crippen LogP contribution is 2.35. The van der Waals surface area contributed by atoms with Crippen LogP contribution in [0.3, 0.4) is 0 Å². The first-order valence-electron chi connectivity index (χ1n) is 8.08. The highest BCUT2D eigenvalue weighted by Gasteiger charge is 2.41. The topological polar surface area (TPSA) is 87.1 Å². The Morgan fingerprint density at radius 1 is 1.35 bits per heavy atom. The van der Waals surface area contributed by atoms with Gasteiger partial charge in [0.1, 0.15) is 0 Å². The molecule has 0 saturated carbocycles. The summed E-state index contributed by atoms with van der Waals surface area (Å²) in [4.78, 5) is 13.9. The lowest BCUT2D eigenvalue weighted by molar-refractivity contribution is -0.153. The van der Waals surface area contributed by atoms with Crippen molar-refractivity contribution in [2.24, 2.45) is 5.41 Å². The number of likely N-dealkylation sites (tertiary alicyclic amines) is 1. The van der Waals surface area contributed by atoms with Crippen LogP contribution < -0.4 is 0 Å². The number of methoxy groups -OCH3 is 1. The van der Waals surface area contributed by atoms with E-state index in [1.54, 1.807) is 7.11 Å². The molecule has 1 fully saturated rings. The van der Waals surface area contributed by atoms with E-state index in [1.807, 2.05) is 0 Å². The lowest BCUT2D eigenvalue weighted by Gasteiger charge is -2.40. The molecule has 0 aliphatic carbocycles. The first-order valence-corrected chi connectivity index (χ1v) is 9.69. The molecule has 1 aliphatic heterocycles. The summed E-state index contributed by atoms with van der Waals surface area (Å²) in [6, 6.07) is 0. The monoisotopic (exact) mass is 350 g/mol. The molecule has 0 radical (unpaired) electrons. The summed E-state index contributed by atoms with van der Waals surface area (Å²) in [7, 11) is 1.49. The van der Waals surface area contributed by atoms with Crippen LogP contribution >= 0.6 is 0 Å². The summed E-state index contributed by atoms with van der Waals surface area (Å²) in [6.45, 7) is 2.51. The van der Waals surface area contributed by atoms with Gasteiger partial charge in [0.25, 0.3) is 0 Å². The number of piperidine rings is 1. The molecule has 0 aromatic carbocycles. The molecule has 1 saturated heterocycles. The van der Waals surface area contributed by atoms with E-state index >= 15 is 0 Å². The molecule has 1 rings (SSSR count). The first-order chi connectivity index (χ1) is 10.7. The van der Waals surface area contributed by atoms with Crippen molar-refractivity contribution >= 4 is 16.0 Å². The van der Waals surface area contributed by atoms with Gasteiger partial charge in [-0.3, -0.25) is 4.79 Å². The Labute approximate surface area is 139 Å². The zero-order valence-electron chi connectivity index (χ0n) is 14.5. The number of nitrogens with zero attached hydrogens (tertiary/aromatic N) is 2. The highest BCUT2D eigenvalue weighted by molar-refractivity contribution is 7.89. The molecule has 0 aromatic rings. The van der Waals surface area contributed by atoms with Crippen molar-refractivity contribution in [3.63, 3.8) is 0 Å². The lowest BCUT2D eigenvalue weighted by Crippen LogP contribution is -2.48. The molecule has 0 aromatic heterocycles. The maximum absolute atomic E-state index is 11.8. The van der Waals surface area contributed by atoms with Crippen molar-refractivity contribution in [2.45, 2.75) is 32.1 Å². The van der Waals surface area contributed by atoms with Crippen LogP contribution in [0.5, 0.6) is 0 Å². The van der Waals surface area contributed by atoms with E-state index in [1.165, 1.54) is 18.4 Å². The number of ether oxygens (including phenoxy) is 1. The summed E-state index contributed by atoms with van der Waals surface area (Å²) in [6.07, 6.45) is 3.36. The summed E-state index contributed by atoms with van der Waals surface area (Å²) < 4.78 is 29.8. The van der Waals surface area contributed by atoms with Gasteiger partial charge in [0.15, 0.2) is 0 Å². The number of carbonyl (C=O) groups is 1. The van der Waals surface area contributed by atoms with Crippen LogP contribution in [0.15, 0.2) is 0 Å². The third-order valence-electron chi connectivity index (χ3n) is 4.55. The quantitative estimate of drug-likeness (QED) is 0.588. The van der Waals surface area contributed by atoms with Crippen LogP contribution in [0.1, 0.15) is 32.1 Å². The van der Waals surface area contributed by atoms with Gasteiger partial charge in [-0.25, -0.2) is 12.7 Å². The van der Waals surface area contributed by atoms with Gasteiger partial charge in [-0.15, -0.1) is 0 Å². The van der Waals surface area contributed by atoms with Gasteiger partial charge in [-0.05, 0) is 45.2 Å². The number of aliphatic carboxylic acids is 1. The highest BCUT2D eigenvalue weighted by atomic mass is 32.2. The minimum atomic E-state index is -3.19. The second-order valence-electron chi connectivity index (χ2n) is 6.51. The molecule has 1 N–H and O–H groups in total. The summed E-state index contributed by atoms with van der Waals surface area (Å²) in [5.74, 6) is -0.653. The minimum absolute atomic E-state index is 0.0975. The SMILES string of the molecule is COCCC[C@]1(C(=O)O)CCCN(CCCS(=O)(=O)N(C)C)C1. The van der Waals surface area contributed by atoms with E-state index in [2.05, 4.69) is 4.90 Å². The Morgan fingerprint density at radius 2 is 2.04 bits per heavy atom. The fraction of sp³-hybridized carbons (Fsp3) is 0.933. The Hall–Kier alpha value is -0.700. The van der Waals surface area contributed by atoms with Crippen LogP contribution in [0.25, 0.3) is 0 Å². The first kappa shape index (κ1) is 20.3. The van der Waals surface area contributed by atoms with E-state index < -0.39 is 21.4 Å². The van der Waals surface area contributed by atoms with Crippen LogP contribution in [-0.4, -0.2) is 81.9 Å². The number of sulfonamides is 1. The van der Waals surface area contributed by atoms with Gasteiger partial charge in [0.05, 0.1) is 11.2 Å². The van der Waals surface area contributed by atoms with E-state index in [9.17, 15) is 18.3 Å². The smallest absolute Gasteiger partial charge is 0.310 e. The van der Waals surface area contributed by atoms with Gasteiger partial charge >= 0.3 is 5.97 Å². The summed E-state index contributed by atoms with van der Waals surface area (Å²) >= 11 is 0. The Bertz CT molecular complexity index is 480. The van der Waals surface area contributed by atoms with Gasteiger partial charge in [0.2, 0.25) is 10.0 Å². The fourth-order valence-corrected chi connectivity index (χ4v) is 3.97. The zero-order valence-corrected chi connectivity index (χ0v) is 15.3. The lowest BCUT2D eigenvalue weighted by atomic mass is 9.76. The number of hydrogen-bond acceptors (Lipinski definition) is 5. The number of rotatable bonds is 10. The largest absolute Gasteiger partial charge is 0.481 e. The molecule has 1 aliphatic rings. The maximum Gasteiger partial charge on any atom is 0.310 e. The standard InChI is InChI=1S/C15H30N2O5S/c1-16(2)23(20,21)12-6-10-17-9-4-7-15(13-17,14(18)19)8-5-11-22-3/h4-13H2,1-3H3,(H,18,19)/t15-/m1/s1. The van der Waals surface area contributed by atoms with Gasteiger partial charge in [-0.1, -0.05) is 0 Å². The second kappa shape index (κ2) is 8.96. The molecule has 136 valence electrons.